The van der Waals surface area contributed by atoms with Crippen LogP contribution in [-0.4, -0.2) is 30.1 Å². The van der Waals surface area contributed by atoms with E-state index in [2.05, 4.69) is 10.6 Å². The summed E-state index contributed by atoms with van der Waals surface area (Å²) in [5.41, 5.74) is 1.08. The normalized spacial score (nSPS) is 9.62. The first-order valence-electron chi connectivity index (χ1n) is 4.96. The van der Waals surface area contributed by atoms with Crippen molar-refractivity contribution in [2.24, 2.45) is 0 Å². The molecule has 86 valence electrons. The largest absolute Gasteiger partial charge is 0.387 e. The molecule has 16 heavy (non-hydrogen) atoms. The first-order chi connectivity index (χ1) is 7.67. The number of hydrogen-bond donors (Lipinski definition) is 3. The molecular formula is C11H14N2O3. The van der Waals surface area contributed by atoms with Crippen molar-refractivity contribution in [3.63, 3.8) is 0 Å². The number of carbonyl (C=O) groups is 2. The Morgan fingerprint density at radius 2 is 1.88 bits per heavy atom. The predicted octanol–water partition coefficient (Wildman–Crippen LogP) is 0.367. The zero-order valence-corrected chi connectivity index (χ0v) is 8.99. The number of aliphatic hydroxyl groups excluding tert-OH is 1. The second kappa shape index (κ2) is 5.87. The second-order valence-corrected chi connectivity index (χ2v) is 3.14. The predicted molar refractivity (Wildman–Crippen MR) is 60.2 cm³/mol. The lowest BCUT2D eigenvalue weighted by Gasteiger charge is -2.05. The van der Waals surface area contributed by atoms with Crippen LogP contribution < -0.4 is 10.6 Å². The van der Waals surface area contributed by atoms with Gasteiger partial charge in [-0.25, -0.2) is 0 Å². The quantitative estimate of drug-likeness (QED) is 0.688. The maximum Gasteiger partial charge on any atom is 0.251 e. The Hall–Kier alpha value is -1.88. The number of amides is 2. The third-order valence-corrected chi connectivity index (χ3v) is 1.91. The second-order valence-electron chi connectivity index (χ2n) is 3.14. The van der Waals surface area contributed by atoms with Crippen molar-refractivity contribution in [1.29, 1.82) is 0 Å². The van der Waals surface area contributed by atoms with Gasteiger partial charge < -0.3 is 15.7 Å². The van der Waals surface area contributed by atoms with Crippen molar-refractivity contribution in [1.82, 2.24) is 5.32 Å². The fraction of sp³-hybridized carbons (Fsp3) is 0.273. The van der Waals surface area contributed by atoms with Gasteiger partial charge in [-0.15, -0.1) is 0 Å². The van der Waals surface area contributed by atoms with E-state index in [1.54, 1.807) is 24.3 Å². The molecular weight excluding hydrogens is 208 g/mol. The van der Waals surface area contributed by atoms with Crippen LogP contribution in [0.2, 0.25) is 0 Å². The first-order valence-corrected chi connectivity index (χ1v) is 4.96. The summed E-state index contributed by atoms with van der Waals surface area (Å²) in [5, 5.41) is 13.7. The summed E-state index contributed by atoms with van der Waals surface area (Å²) in [4.78, 5) is 22.3. The minimum atomic E-state index is -0.557. The van der Waals surface area contributed by atoms with Crippen molar-refractivity contribution in [2.45, 2.75) is 6.92 Å². The van der Waals surface area contributed by atoms with Gasteiger partial charge in [-0.05, 0) is 31.2 Å². The minimum Gasteiger partial charge on any atom is -0.387 e. The Balaban J connectivity index is 2.67. The molecule has 1 aromatic rings. The van der Waals surface area contributed by atoms with Crippen molar-refractivity contribution >= 4 is 17.5 Å². The molecule has 2 amide bonds. The number of hydrogen-bond acceptors (Lipinski definition) is 3. The zero-order chi connectivity index (χ0) is 12.0. The van der Waals surface area contributed by atoms with Gasteiger partial charge in [0.1, 0.15) is 6.61 Å². The maximum absolute atomic E-state index is 11.4. The van der Waals surface area contributed by atoms with E-state index in [1.165, 1.54) is 0 Å². The topological polar surface area (TPSA) is 78.4 Å². The summed E-state index contributed by atoms with van der Waals surface area (Å²) in [6.45, 7) is 1.85. The molecule has 1 rings (SSSR count). The van der Waals surface area contributed by atoms with Gasteiger partial charge in [0.25, 0.3) is 5.91 Å². The highest BCUT2D eigenvalue weighted by molar-refractivity contribution is 5.95. The molecule has 3 N–H and O–H groups in total. The third kappa shape index (κ3) is 3.36. The van der Waals surface area contributed by atoms with Crippen LogP contribution >= 0.6 is 0 Å². The molecule has 0 aliphatic rings. The van der Waals surface area contributed by atoms with Crippen LogP contribution in [0.3, 0.4) is 0 Å². The van der Waals surface area contributed by atoms with Crippen LogP contribution in [0.1, 0.15) is 17.3 Å². The van der Waals surface area contributed by atoms with E-state index in [9.17, 15) is 9.59 Å². The van der Waals surface area contributed by atoms with Crippen molar-refractivity contribution in [3.8, 4) is 0 Å². The fourth-order valence-electron chi connectivity index (χ4n) is 1.17. The molecule has 0 radical (unpaired) electrons. The third-order valence-electron chi connectivity index (χ3n) is 1.91. The molecule has 0 unspecified atom stereocenters. The summed E-state index contributed by atoms with van der Waals surface area (Å²) in [6.07, 6.45) is 0. The molecule has 0 heterocycles. The molecule has 0 atom stereocenters. The van der Waals surface area contributed by atoms with Gasteiger partial charge in [0.15, 0.2) is 0 Å². The standard InChI is InChI=1S/C11H14N2O3/c1-2-12-11(16)8-3-5-9(6-4-8)13-10(15)7-14/h3-6,14H,2,7H2,1H3,(H,12,16)(H,13,15). The van der Waals surface area contributed by atoms with Crippen LogP contribution in [0.4, 0.5) is 5.69 Å². The summed E-state index contributed by atoms with van der Waals surface area (Å²) >= 11 is 0. The smallest absolute Gasteiger partial charge is 0.251 e. The van der Waals surface area contributed by atoms with Crippen LogP contribution in [0.25, 0.3) is 0 Å². The van der Waals surface area contributed by atoms with E-state index in [0.29, 0.717) is 17.8 Å². The van der Waals surface area contributed by atoms with Crippen molar-refractivity contribution in [3.05, 3.63) is 29.8 Å². The van der Waals surface area contributed by atoms with Crippen LogP contribution in [0, 0.1) is 0 Å². The van der Waals surface area contributed by atoms with Gasteiger partial charge in [-0.2, -0.15) is 0 Å². The van der Waals surface area contributed by atoms with Gasteiger partial charge in [0, 0.05) is 17.8 Å². The highest BCUT2D eigenvalue weighted by atomic mass is 16.3. The van der Waals surface area contributed by atoms with Gasteiger partial charge in [0.2, 0.25) is 5.91 Å². The lowest BCUT2D eigenvalue weighted by atomic mass is 10.2. The average Bonchev–Trinajstić information content (AvgIpc) is 2.30. The molecule has 0 saturated heterocycles. The van der Waals surface area contributed by atoms with Gasteiger partial charge in [0.05, 0.1) is 0 Å². The lowest BCUT2D eigenvalue weighted by Crippen LogP contribution is -2.22. The minimum absolute atomic E-state index is 0.150. The number of rotatable bonds is 4. The highest BCUT2D eigenvalue weighted by Crippen LogP contribution is 2.09. The number of benzene rings is 1. The summed E-state index contributed by atoms with van der Waals surface area (Å²) in [5.74, 6) is -0.631. The Labute approximate surface area is 93.5 Å². The molecule has 0 aromatic heterocycles. The molecule has 0 fully saturated rings. The molecule has 0 saturated carbocycles. The Morgan fingerprint density at radius 1 is 1.25 bits per heavy atom. The first kappa shape index (κ1) is 12.2. The summed E-state index contributed by atoms with van der Waals surface area (Å²) in [6, 6.07) is 6.44. The zero-order valence-electron chi connectivity index (χ0n) is 8.99. The van der Waals surface area contributed by atoms with E-state index in [1.807, 2.05) is 6.92 Å². The van der Waals surface area contributed by atoms with Gasteiger partial charge in [-0.1, -0.05) is 0 Å². The Morgan fingerprint density at radius 3 is 2.38 bits per heavy atom. The maximum atomic E-state index is 11.4. The summed E-state index contributed by atoms with van der Waals surface area (Å²) < 4.78 is 0. The van der Waals surface area contributed by atoms with Crippen molar-refractivity contribution < 1.29 is 14.7 Å². The van der Waals surface area contributed by atoms with Crippen LogP contribution in [0.5, 0.6) is 0 Å². The molecule has 5 nitrogen and oxygen atoms in total. The van der Waals surface area contributed by atoms with E-state index >= 15 is 0 Å². The van der Waals surface area contributed by atoms with E-state index in [4.69, 9.17) is 5.11 Å². The molecule has 1 aromatic carbocycles. The number of nitrogens with one attached hydrogen (secondary N) is 2. The summed E-state index contributed by atoms with van der Waals surface area (Å²) in [7, 11) is 0. The molecule has 0 aliphatic carbocycles. The lowest BCUT2D eigenvalue weighted by molar-refractivity contribution is -0.118. The molecule has 5 heteroatoms. The van der Waals surface area contributed by atoms with E-state index in [-0.39, 0.29) is 5.91 Å². The fourth-order valence-corrected chi connectivity index (χ4v) is 1.17. The van der Waals surface area contributed by atoms with Crippen LogP contribution in [0.15, 0.2) is 24.3 Å². The number of aliphatic hydroxyl groups is 1. The van der Waals surface area contributed by atoms with Crippen molar-refractivity contribution in [2.75, 3.05) is 18.5 Å². The van der Waals surface area contributed by atoms with Crippen LogP contribution in [-0.2, 0) is 4.79 Å². The van der Waals surface area contributed by atoms with E-state index < -0.39 is 12.5 Å². The number of carbonyl (C=O) groups excluding carboxylic acids is 2. The van der Waals surface area contributed by atoms with Gasteiger partial charge in [-0.3, -0.25) is 9.59 Å². The SMILES string of the molecule is CCNC(=O)c1ccc(NC(=O)CO)cc1. The van der Waals surface area contributed by atoms with Gasteiger partial charge >= 0.3 is 0 Å². The highest BCUT2D eigenvalue weighted by Gasteiger charge is 2.04. The van der Waals surface area contributed by atoms with E-state index in [0.717, 1.165) is 0 Å². The Kier molecular flexibility index (Phi) is 4.47. The number of anilines is 1. The molecule has 0 bridgehead atoms. The Bertz CT molecular complexity index is 373. The monoisotopic (exact) mass is 222 g/mol. The average molecular weight is 222 g/mol. The molecule has 0 aliphatic heterocycles. The molecule has 0 spiro atoms.